The Labute approximate surface area is 158 Å². The number of hydrogen-bond acceptors (Lipinski definition) is 4. The molecule has 140 valence electrons. The second-order valence-electron chi connectivity index (χ2n) is 7.46. The number of nitrogen functional groups attached to an aromatic ring is 1. The summed E-state index contributed by atoms with van der Waals surface area (Å²) >= 11 is 0. The number of amides is 1. The highest BCUT2D eigenvalue weighted by atomic mass is 16.1. The van der Waals surface area contributed by atoms with Crippen LogP contribution in [0.2, 0.25) is 0 Å². The van der Waals surface area contributed by atoms with Crippen LogP contribution in [-0.4, -0.2) is 40.7 Å². The molecule has 4 rings (SSSR count). The number of aromatic nitrogens is 2. The Kier molecular flexibility index (Phi) is 4.58. The first-order chi connectivity index (χ1) is 13.0. The van der Waals surface area contributed by atoms with Crippen molar-refractivity contribution in [2.75, 3.05) is 25.9 Å². The van der Waals surface area contributed by atoms with E-state index in [1.165, 1.54) is 0 Å². The van der Waals surface area contributed by atoms with Gasteiger partial charge in [-0.25, -0.2) is 4.68 Å². The van der Waals surface area contributed by atoms with Gasteiger partial charge in [-0.1, -0.05) is 36.4 Å². The van der Waals surface area contributed by atoms with E-state index in [0.717, 1.165) is 42.3 Å². The van der Waals surface area contributed by atoms with Crippen LogP contribution < -0.4 is 11.5 Å². The minimum atomic E-state index is -0.537. The number of rotatable bonds is 4. The minimum Gasteiger partial charge on any atom is -0.383 e. The summed E-state index contributed by atoms with van der Waals surface area (Å²) in [6, 6.07) is 14.1. The number of benzene rings is 2. The molecule has 6 nitrogen and oxygen atoms in total. The summed E-state index contributed by atoms with van der Waals surface area (Å²) in [6.45, 7) is 2.87. The van der Waals surface area contributed by atoms with Gasteiger partial charge in [0.1, 0.15) is 17.1 Å². The molecule has 3 aromatic rings. The third kappa shape index (κ3) is 3.40. The quantitative estimate of drug-likeness (QED) is 0.746. The van der Waals surface area contributed by atoms with Gasteiger partial charge >= 0.3 is 0 Å². The Morgan fingerprint density at radius 1 is 1.15 bits per heavy atom. The summed E-state index contributed by atoms with van der Waals surface area (Å²) in [6.07, 6.45) is 2.21. The van der Waals surface area contributed by atoms with Gasteiger partial charge < -0.3 is 16.4 Å². The Balaban J connectivity index is 1.72. The summed E-state index contributed by atoms with van der Waals surface area (Å²) < 4.78 is 1.76. The van der Waals surface area contributed by atoms with Crippen LogP contribution >= 0.6 is 0 Å². The molecule has 1 aliphatic rings. The molecule has 1 amide bonds. The number of primary amides is 1. The number of carbonyl (C=O) groups is 1. The Morgan fingerprint density at radius 3 is 2.56 bits per heavy atom. The van der Waals surface area contributed by atoms with E-state index in [1.807, 2.05) is 36.4 Å². The monoisotopic (exact) mass is 363 g/mol. The van der Waals surface area contributed by atoms with Crippen LogP contribution in [0.25, 0.3) is 22.0 Å². The van der Waals surface area contributed by atoms with Crippen molar-refractivity contribution >= 4 is 22.5 Å². The number of hydrogen-bond donors (Lipinski definition) is 2. The number of nitrogens with zero attached hydrogens (tertiary/aromatic N) is 3. The molecule has 6 heteroatoms. The van der Waals surface area contributed by atoms with Crippen molar-refractivity contribution in [3.63, 3.8) is 0 Å². The molecule has 0 aliphatic carbocycles. The Hall–Kier alpha value is -2.86. The lowest BCUT2D eigenvalue weighted by atomic mass is 9.97. The number of likely N-dealkylation sites (tertiary alicyclic amines) is 1. The van der Waals surface area contributed by atoms with Gasteiger partial charge in [-0.05, 0) is 55.7 Å². The fourth-order valence-electron chi connectivity index (χ4n) is 3.88. The Morgan fingerprint density at radius 2 is 1.85 bits per heavy atom. The van der Waals surface area contributed by atoms with E-state index in [9.17, 15) is 4.79 Å². The van der Waals surface area contributed by atoms with Crippen LogP contribution in [0.3, 0.4) is 0 Å². The molecule has 2 aromatic carbocycles. The number of nitrogens with two attached hydrogens (primary N) is 2. The molecule has 0 saturated carbocycles. The fourth-order valence-corrected chi connectivity index (χ4v) is 3.88. The highest BCUT2D eigenvalue weighted by molar-refractivity contribution is 6.04. The zero-order chi connectivity index (χ0) is 19.0. The van der Waals surface area contributed by atoms with E-state index < -0.39 is 5.91 Å². The first-order valence-corrected chi connectivity index (χ1v) is 9.36. The van der Waals surface area contributed by atoms with Gasteiger partial charge in [-0.3, -0.25) is 4.79 Å². The van der Waals surface area contributed by atoms with Crippen molar-refractivity contribution < 1.29 is 4.79 Å². The third-order valence-electron chi connectivity index (χ3n) is 5.53. The molecule has 0 spiro atoms. The molecule has 4 N–H and O–H groups in total. The van der Waals surface area contributed by atoms with Crippen molar-refractivity contribution in [1.82, 2.24) is 14.7 Å². The molecule has 0 unspecified atom stereocenters. The van der Waals surface area contributed by atoms with Crippen molar-refractivity contribution in [2.24, 2.45) is 11.7 Å². The normalized spacial score (nSPS) is 16.0. The molecule has 1 fully saturated rings. The smallest absolute Gasteiger partial charge is 0.254 e. The molecular formula is C21H25N5O. The summed E-state index contributed by atoms with van der Waals surface area (Å²) in [7, 11) is 2.14. The summed E-state index contributed by atoms with van der Waals surface area (Å²) in [5.74, 6) is 0.337. The zero-order valence-electron chi connectivity index (χ0n) is 15.6. The van der Waals surface area contributed by atoms with Crippen LogP contribution in [0.15, 0.2) is 42.5 Å². The van der Waals surface area contributed by atoms with Crippen molar-refractivity contribution in [2.45, 2.75) is 19.4 Å². The van der Waals surface area contributed by atoms with Crippen LogP contribution in [0, 0.1) is 5.92 Å². The molecule has 2 heterocycles. The van der Waals surface area contributed by atoms with E-state index in [2.05, 4.69) is 18.0 Å². The molecule has 1 aromatic heterocycles. The highest BCUT2D eigenvalue weighted by Gasteiger charge is 2.24. The van der Waals surface area contributed by atoms with Crippen LogP contribution in [0.4, 0.5) is 5.82 Å². The number of piperidine rings is 1. The minimum absolute atomic E-state index is 0.318. The van der Waals surface area contributed by atoms with E-state index in [1.54, 1.807) is 4.68 Å². The fraction of sp³-hybridized carbons (Fsp3) is 0.333. The van der Waals surface area contributed by atoms with Crippen molar-refractivity contribution in [3.05, 3.63) is 48.0 Å². The van der Waals surface area contributed by atoms with Gasteiger partial charge in [0.25, 0.3) is 5.91 Å². The first kappa shape index (κ1) is 17.5. The molecule has 0 radical (unpaired) electrons. The largest absolute Gasteiger partial charge is 0.383 e. The van der Waals surface area contributed by atoms with Crippen molar-refractivity contribution in [3.8, 4) is 11.3 Å². The standard InChI is InChI=1S/C21H25N5O/c1-25-10-8-14(9-11-25)13-26-20(22)18(21(23)27)19(24-26)17-7-6-15-4-2-3-5-16(15)12-17/h2-7,12,14H,8-11,13,22H2,1H3,(H2,23,27). The molecule has 1 saturated heterocycles. The van der Waals surface area contributed by atoms with Crippen LogP contribution in [-0.2, 0) is 6.54 Å². The maximum atomic E-state index is 12.1. The molecule has 27 heavy (non-hydrogen) atoms. The number of anilines is 1. The van der Waals surface area contributed by atoms with Crippen molar-refractivity contribution in [1.29, 1.82) is 0 Å². The lowest BCUT2D eigenvalue weighted by molar-refractivity contribution is 0.100. The molecule has 0 bridgehead atoms. The second kappa shape index (κ2) is 7.04. The predicted octanol–water partition coefficient (Wildman–Crippen LogP) is 2.73. The van der Waals surface area contributed by atoms with Gasteiger partial charge in [-0.2, -0.15) is 5.10 Å². The average Bonchev–Trinajstić information content (AvgIpc) is 2.99. The highest BCUT2D eigenvalue weighted by Crippen LogP contribution is 2.30. The van der Waals surface area contributed by atoms with Gasteiger partial charge in [0.15, 0.2) is 0 Å². The lowest BCUT2D eigenvalue weighted by Crippen LogP contribution is -2.32. The van der Waals surface area contributed by atoms with Crippen LogP contribution in [0.1, 0.15) is 23.2 Å². The third-order valence-corrected chi connectivity index (χ3v) is 5.53. The average molecular weight is 363 g/mol. The van der Waals surface area contributed by atoms with Gasteiger partial charge in [0.05, 0.1) is 0 Å². The van der Waals surface area contributed by atoms with E-state index in [-0.39, 0.29) is 0 Å². The van der Waals surface area contributed by atoms with Crippen LogP contribution in [0.5, 0.6) is 0 Å². The summed E-state index contributed by atoms with van der Waals surface area (Å²) in [5, 5.41) is 6.93. The van der Waals surface area contributed by atoms with E-state index in [0.29, 0.717) is 29.5 Å². The Bertz CT molecular complexity index is 985. The SMILES string of the molecule is CN1CCC(Cn2nc(-c3ccc4ccccc4c3)c(C(N)=O)c2N)CC1. The lowest BCUT2D eigenvalue weighted by Gasteiger charge is -2.28. The maximum Gasteiger partial charge on any atom is 0.254 e. The van der Waals surface area contributed by atoms with E-state index in [4.69, 9.17) is 16.6 Å². The first-order valence-electron chi connectivity index (χ1n) is 9.36. The maximum absolute atomic E-state index is 12.1. The molecule has 0 atom stereocenters. The molecular weight excluding hydrogens is 338 g/mol. The summed E-state index contributed by atoms with van der Waals surface area (Å²) in [5.41, 5.74) is 13.7. The van der Waals surface area contributed by atoms with Gasteiger partial charge in [-0.15, -0.1) is 0 Å². The van der Waals surface area contributed by atoms with E-state index >= 15 is 0 Å². The predicted molar refractivity (Wildman–Crippen MR) is 108 cm³/mol. The van der Waals surface area contributed by atoms with Gasteiger partial charge in [0, 0.05) is 12.1 Å². The van der Waals surface area contributed by atoms with Gasteiger partial charge in [0.2, 0.25) is 0 Å². The summed E-state index contributed by atoms with van der Waals surface area (Å²) in [4.78, 5) is 14.4. The molecule has 1 aliphatic heterocycles. The topological polar surface area (TPSA) is 90.2 Å². The number of carbonyl (C=O) groups excluding carboxylic acids is 1. The number of fused-ring (bicyclic) bond motifs is 1. The second-order valence-corrected chi connectivity index (χ2v) is 7.46. The zero-order valence-corrected chi connectivity index (χ0v) is 15.6.